The number of halogens is 1. The molecule has 0 spiro atoms. The molecule has 1 aliphatic heterocycles. The smallest absolute Gasteiger partial charge is 0.270 e. The Balaban J connectivity index is 1.36. The van der Waals surface area contributed by atoms with E-state index in [0.717, 1.165) is 26.7 Å². The average molecular weight is 563 g/mol. The number of carbonyl (C=O) groups is 1. The van der Waals surface area contributed by atoms with Crippen molar-refractivity contribution >= 4 is 72.7 Å². The molecule has 0 aliphatic carbocycles. The van der Waals surface area contributed by atoms with Gasteiger partial charge in [0.2, 0.25) is 0 Å². The van der Waals surface area contributed by atoms with Gasteiger partial charge in [-0.3, -0.25) is 9.69 Å². The Kier molecular flexibility index (Phi) is 6.90. The van der Waals surface area contributed by atoms with Crippen molar-refractivity contribution in [3.8, 4) is 11.5 Å². The summed E-state index contributed by atoms with van der Waals surface area (Å²) in [4.78, 5) is 15.2. The molecule has 0 N–H and O–H groups in total. The number of carbonyl (C=O) groups excluding carboxylic acids is 1. The quantitative estimate of drug-likeness (QED) is 0.179. The van der Waals surface area contributed by atoms with Crippen molar-refractivity contribution in [1.82, 2.24) is 0 Å². The van der Waals surface area contributed by atoms with E-state index in [2.05, 4.69) is 40.2 Å². The number of rotatable bonds is 6. The first-order valence-electron chi connectivity index (χ1n) is 10.8. The first-order valence-corrected chi connectivity index (χ1v) is 12.9. The first-order chi connectivity index (χ1) is 17.0. The van der Waals surface area contributed by atoms with E-state index >= 15 is 0 Å². The summed E-state index contributed by atoms with van der Waals surface area (Å²) >= 11 is 10.2. The molecular formula is C28H20BrNO3S2. The van der Waals surface area contributed by atoms with Crippen molar-refractivity contribution in [2.45, 2.75) is 6.61 Å². The highest BCUT2D eigenvalue weighted by atomic mass is 79.9. The monoisotopic (exact) mass is 561 g/mol. The van der Waals surface area contributed by atoms with Gasteiger partial charge in [-0.2, -0.15) is 0 Å². The van der Waals surface area contributed by atoms with E-state index < -0.39 is 0 Å². The highest BCUT2D eigenvalue weighted by Gasteiger charge is 2.33. The van der Waals surface area contributed by atoms with Crippen LogP contribution in [0.1, 0.15) is 11.1 Å². The zero-order valence-electron chi connectivity index (χ0n) is 18.7. The van der Waals surface area contributed by atoms with Gasteiger partial charge < -0.3 is 9.47 Å². The highest BCUT2D eigenvalue weighted by molar-refractivity contribution is 9.10. The maximum atomic E-state index is 13.1. The minimum absolute atomic E-state index is 0.145. The molecule has 0 aromatic heterocycles. The fraction of sp³-hybridized carbons (Fsp3) is 0.0714. The summed E-state index contributed by atoms with van der Waals surface area (Å²) in [7, 11) is 1.61. The van der Waals surface area contributed by atoms with Crippen LogP contribution in [0.15, 0.2) is 94.3 Å². The number of benzene rings is 4. The molecule has 1 heterocycles. The van der Waals surface area contributed by atoms with E-state index in [0.29, 0.717) is 27.3 Å². The third-order valence-corrected chi connectivity index (χ3v) is 7.40. The van der Waals surface area contributed by atoms with Crippen LogP contribution in [0.2, 0.25) is 0 Å². The maximum absolute atomic E-state index is 13.1. The van der Waals surface area contributed by atoms with E-state index in [1.165, 1.54) is 17.1 Å². The van der Waals surface area contributed by atoms with Crippen LogP contribution < -0.4 is 14.4 Å². The third kappa shape index (κ3) is 4.98. The van der Waals surface area contributed by atoms with Crippen LogP contribution in [-0.2, 0) is 11.4 Å². The number of ether oxygens (including phenoxy) is 2. The molecule has 4 aromatic carbocycles. The minimum atomic E-state index is -0.145. The zero-order valence-corrected chi connectivity index (χ0v) is 22.0. The summed E-state index contributed by atoms with van der Waals surface area (Å²) in [5.41, 5.74) is 2.67. The van der Waals surface area contributed by atoms with E-state index in [4.69, 9.17) is 21.7 Å². The Hall–Kier alpha value is -3.13. The molecule has 1 saturated heterocycles. The van der Waals surface area contributed by atoms with Crippen LogP contribution >= 0.6 is 39.9 Å². The van der Waals surface area contributed by atoms with Crippen LogP contribution in [0, 0.1) is 0 Å². The Labute approximate surface area is 221 Å². The summed E-state index contributed by atoms with van der Waals surface area (Å²) in [6, 6.07) is 27.6. The van der Waals surface area contributed by atoms with Gasteiger partial charge >= 0.3 is 0 Å². The second kappa shape index (κ2) is 10.2. The van der Waals surface area contributed by atoms with Gasteiger partial charge in [-0.1, -0.05) is 94.5 Å². The van der Waals surface area contributed by atoms with E-state index in [1.807, 2.05) is 66.7 Å². The van der Waals surface area contributed by atoms with Gasteiger partial charge in [-0.05, 0) is 58.3 Å². The van der Waals surface area contributed by atoms with E-state index in [9.17, 15) is 4.79 Å². The lowest BCUT2D eigenvalue weighted by atomic mass is 10.1. The lowest BCUT2D eigenvalue weighted by molar-refractivity contribution is -0.113. The fourth-order valence-electron chi connectivity index (χ4n) is 3.92. The summed E-state index contributed by atoms with van der Waals surface area (Å²) in [5, 5.41) is 2.34. The Morgan fingerprint density at radius 2 is 1.77 bits per heavy atom. The van der Waals surface area contributed by atoms with Gasteiger partial charge in [0.1, 0.15) is 6.61 Å². The standard InChI is InChI=1S/C28H20BrNO3S2/c1-32-25-14-18(15-26-27(31)30(28(34)35-26)22-10-5-9-21(29)16-22)12-13-24(25)33-17-20-8-4-7-19-6-2-3-11-23(19)20/h2-16H,17H2,1H3/b26-15+. The number of hydrogen-bond acceptors (Lipinski definition) is 5. The number of anilines is 1. The molecule has 0 atom stereocenters. The second-order valence-electron chi connectivity index (χ2n) is 7.83. The Morgan fingerprint density at radius 3 is 2.60 bits per heavy atom. The summed E-state index contributed by atoms with van der Waals surface area (Å²) in [5.74, 6) is 1.09. The maximum Gasteiger partial charge on any atom is 0.270 e. The molecule has 1 fully saturated rings. The topological polar surface area (TPSA) is 38.8 Å². The Morgan fingerprint density at radius 1 is 0.971 bits per heavy atom. The highest BCUT2D eigenvalue weighted by Crippen LogP contribution is 2.38. The molecule has 0 radical (unpaired) electrons. The normalized spacial score (nSPS) is 14.7. The molecular weight excluding hydrogens is 542 g/mol. The number of hydrogen-bond donors (Lipinski definition) is 0. The molecule has 0 bridgehead atoms. The molecule has 0 saturated carbocycles. The predicted molar refractivity (Wildman–Crippen MR) is 151 cm³/mol. The molecule has 4 aromatic rings. The van der Waals surface area contributed by atoms with Crippen LogP contribution in [0.5, 0.6) is 11.5 Å². The third-order valence-electron chi connectivity index (χ3n) is 5.61. The molecule has 4 nitrogen and oxygen atoms in total. The van der Waals surface area contributed by atoms with Gasteiger partial charge in [0.15, 0.2) is 15.8 Å². The van der Waals surface area contributed by atoms with Gasteiger partial charge in [0.25, 0.3) is 5.91 Å². The molecule has 1 aliphatic rings. The first kappa shape index (κ1) is 23.6. The number of methoxy groups -OCH3 is 1. The van der Waals surface area contributed by atoms with Gasteiger partial charge in [-0.25, -0.2) is 0 Å². The Bertz CT molecular complexity index is 1480. The van der Waals surface area contributed by atoms with Crippen molar-refractivity contribution in [2.75, 3.05) is 12.0 Å². The number of nitrogens with zero attached hydrogens (tertiary/aromatic N) is 1. The molecule has 5 rings (SSSR count). The van der Waals surface area contributed by atoms with Crippen molar-refractivity contribution in [3.05, 3.63) is 105 Å². The lowest BCUT2D eigenvalue weighted by Gasteiger charge is -2.14. The second-order valence-corrected chi connectivity index (χ2v) is 10.4. The van der Waals surface area contributed by atoms with Crippen LogP contribution in [0.4, 0.5) is 5.69 Å². The van der Waals surface area contributed by atoms with Crippen molar-refractivity contribution < 1.29 is 14.3 Å². The van der Waals surface area contributed by atoms with Gasteiger partial charge in [-0.15, -0.1) is 0 Å². The van der Waals surface area contributed by atoms with Crippen molar-refractivity contribution in [2.24, 2.45) is 0 Å². The number of amides is 1. The summed E-state index contributed by atoms with van der Waals surface area (Å²) < 4.78 is 13.1. The number of fused-ring (bicyclic) bond motifs is 1. The van der Waals surface area contributed by atoms with Crippen LogP contribution in [0.3, 0.4) is 0 Å². The predicted octanol–water partition coefficient (Wildman–Crippen LogP) is 7.60. The largest absolute Gasteiger partial charge is 0.493 e. The van der Waals surface area contributed by atoms with Crippen molar-refractivity contribution in [3.63, 3.8) is 0 Å². The lowest BCUT2D eigenvalue weighted by Crippen LogP contribution is -2.27. The minimum Gasteiger partial charge on any atom is -0.493 e. The molecule has 174 valence electrons. The van der Waals surface area contributed by atoms with Gasteiger partial charge in [0, 0.05) is 4.47 Å². The van der Waals surface area contributed by atoms with Crippen LogP contribution in [-0.4, -0.2) is 17.3 Å². The molecule has 0 unspecified atom stereocenters. The summed E-state index contributed by atoms with van der Waals surface area (Å²) in [6.07, 6.45) is 1.83. The number of thiocarbonyl (C=S) groups is 1. The van der Waals surface area contributed by atoms with Gasteiger partial charge in [0.05, 0.1) is 17.7 Å². The SMILES string of the molecule is COc1cc(/C=C2/SC(=S)N(c3cccc(Br)c3)C2=O)ccc1OCc1cccc2ccccc12. The van der Waals surface area contributed by atoms with E-state index in [-0.39, 0.29) is 5.91 Å². The van der Waals surface area contributed by atoms with Crippen molar-refractivity contribution in [1.29, 1.82) is 0 Å². The van der Waals surface area contributed by atoms with Crippen LogP contribution in [0.25, 0.3) is 16.8 Å². The average Bonchev–Trinajstić information content (AvgIpc) is 3.15. The number of thioether (sulfide) groups is 1. The molecule has 35 heavy (non-hydrogen) atoms. The summed E-state index contributed by atoms with van der Waals surface area (Å²) in [6.45, 7) is 0.419. The fourth-order valence-corrected chi connectivity index (χ4v) is 5.61. The van der Waals surface area contributed by atoms with E-state index in [1.54, 1.807) is 12.0 Å². The molecule has 7 heteroatoms. The zero-order chi connectivity index (χ0) is 24.4. The molecule has 1 amide bonds.